The third kappa shape index (κ3) is 2.69. The molecule has 1 saturated heterocycles. The molecule has 2 amide bonds. The first-order chi connectivity index (χ1) is 10.0. The standard InChI is InChI=1S/C17H28N2O2/c1-12-5-6-14(13(2)11-12)19-10-7-15(20)18-17(16(19)21)8-3-4-9-17/h12-14H,3-11H2,1-2H3,(H,18,20). The Morgan fingerprint density at radius 2 is 1.86 bits per heavy atom. The van der Waals surface area contributed by atoms with Crippen LogP contribution in [-0.4, -0.2) is 34.8 Å². The zero-order valence-electron chi connectivity index (χ0n) is 13.4. The lowest BCUT2D eigenvalue weighted by Crippen LogP contribution is -2.58. The predicted molar refractivity (Wildman–Crippen MR) is 81.6 cm³/mol. The van der Waals surface area contributed by atoms with Crippen molar-refractivity contribution >= 4 is 11.8 Å². The zero-order chi connectivity index (χ0) is 15.0. The van der Waals surface area contributed by atoms with Gasteiger partial charge in [-0.1, -0.05) is 26.7 Å². The molecule has 0 aromatic carbocycles. The van der Waals surface area contributed by atoms with Gasteiger partial charge in [-0.15, -0.1) is 0 Å². The van der Waals surface area contributed by atoms with Crippen LogP contribution in [0.5, 0.6) is 0 Å². The van der Waals surface area contributed by atoms with Crippen LogP contribution in [0.25, 0.3) is 0 Å². The van der Waals surface area contributed by atoms with E-state index in [1.165, 1.54) is 12.8 Å². The number of carbonyl (C=O) groups excluding carboxylic acids is 2. The van der Waals surface area contributed by atoms with Gasteiger partial charge in [0.25, 0.3) is 0 Å². The highest BCUT2D eigenvalue weighted by Crippen LogP contribution is 2.37. The molecule has 3 fully saturated rings. The van der Waals surface area contributed by atoms with Gasteiger partial charge in [0.2, 0.25) is 11.8 Å². The molecule has 118 valence electrons. The maximum absolute atomic E-state index is 13.2. The largest absolute Gasteiger partial charge is 0.342 e. The summed E-state index contributed by atoms with van der Waals surface area (Å²) in [6, 6.07) is 0.332. The van der Waals surface area contributed by atoms with E-state index in [1.807, 2.05) is 0 Å². The van der Waals surface area contributed by atoms with E-state index in [1.54, 1.807) is 0 Å². The van der Waals surface area contributed by atoms with Crippen LogP contribution in [0.2, 0.25) is 0 Å². The highest BCUT2D eigenvalue weighted by molar-refractivity contribution is 5.94. The van der Waals surface area contributed by atoms with Crippen LogP contribution in [0.4, 0.5) is 0 Å². The summed E-state index contributed by atoms with van der Waals surface area (Å²) in [6.07, 6.45) is 7.71. The SMILES string of the molecule is CC1CCC(N2CCC(=O)NC3(CCCC3)C2=O)C(C)C1. The molecule has 4 heteroatoms. The van der Waals surface area contributed by atoms with Crippen LogP contribution in [0.3, 0.4) is 0 Å². The molecule has 1 heterocycles. The number of hydrogen-bond donors (Lipinski definition) is 1. The molecular weight excluding hydrogens is 264 g/mol. The molecule has 0 radical (unpaired) electrons. The summed E-state index contributed by atoms with van der Waals surface area (Å²) >= 11 is 0. The maximum Gasteiger partial charge on any atom is 0.248 e. The van der Waals surface area contributed by atoms with Crippen LogP contribution < -0.4 is 5.32 Å². The van der Waals surface area contributed by atoms with Gasteiger partial charge in [-0.05, 0) is 43.9 Å². The number of hydrogen-bond acceptors (Lipinski definition) is 2. The first-order valence-electron chi connectivity index (χ1n) is 8.64. The molecule has 0 aromatic rings. The molecule has 3 atom stereocenters. The Kier molecular flexibility index (Phi) is 3.98. The zero-order valence-corrected chi connectivity index (χ0v) is 13.4. The van der Waals surface area contributed by atoms with Gasteiger partial charge in [-0.2, -0.15) is 0 Å². The van der Waals surface area contributed by atoms with E-state index in [2.05, 4.69) is 24.1 Å². The third-order valence-corrected chi connectivity index (χ3v) is 5.87. The minimum Gasteiger partial charge on any atom is -0.342 e. The summed E-state index contributed by atoms with van der Waals surface area (Å²) in [5.74, 6) is 1.57. The van der Waals surface area contributed by atoms with Crippen molar-refractivity contribution in [1.82, 2.24) is 10.2 Å². The summed E-state index contributed by atoms with van der Waals surface area (Å²) in [4.78, 5) is 27.3. The number of nitrogens with zero attached hydrogens (tertiary/aromatic N) is 1. The molecule has 1 N–H and O–H groups in total. The van der Waals surface area contributed by atoms with Crippen LogP contribution in [0.1, 0.15) is 65.2 Å². The fourth-order valence-corrected chi connectivity index (χ4v) is 4.73. The molecule has 4 nitrogen and oxygen atoms in total. The van der Waals surface area contributed by atoms with E-state index in [-0.39, 0.29) is 11.8 Å². The first-order valence-corrected chi connectivity index (χ1v) is 8.64. The Morgan fingerprint density at radius 3 is 2.52 bits per heavy atom. The van der Waals surface area contributed by atoms with Crippen LogP contribution in [-0.2, 0) is 9.59 Å². The van der Waals surface area contributed by atoms with Crippen LogP contribution in [0, 0.1) is 11.8 Å². The summed E-state index contributed by atoms with van der Waals surface area (Å²) in [5, 5.41) is 3.07. The topological polar surface area (TPSA) is 49.4 Å². The molecule has 3 unspecified atom stereocenters. The smallest absolute Gasteiger partial charge is 0.248 e. The normalized spacial score (nSPS) is 36.7. The summed E-state index contributed by atoms with van der Waals surface area (Å²) in [5.41, 5.74) is -0.573. The maximum atomic E-state index is 13.2. The minimum absolute atomic E-state index is 0.0598. The molecule has 3 aliphatic rings. The summed E-state index contributed by atoms with van der Waals surface area (Å²) < 4.78 is 0. The van der Waals surface area contributed by atoms with E-state index in [0.717, 1.165) is 38.0 Å². The highest BCUT2D eigenvalue weighted by atomic mass is 16.2. The Bertz CT molecular complexity index is 429. The van der Waals surface area contributed by atoms with Crippen molar-refractivity contribution in [3.63, 3.8) is 0 Å². The molecule has 3 rings (SSSR count). The van der Waals surface area contributed by atoms with E-state index in [4.69, 9.17) is 0 Å². The van der Waals surface area contributed by atoms with Crippen molar-refractivity contribution in [2.45, 2.75) is 76.8 Å². The lowest BCUT2D eigenvalue weighted by molar-refractivity contribution is -0.142. The number of carbonyl (C=O) groups is 2. The Morgan fingerprint density at radius 1 is 1.14 bits per heavy atom. The van der Waals surface area contributed by atoms with Gasteiger partial charge in [0.05, 0.1) is 0 Å². The quantitative estimate of drug-likeness (QED) is 0.807. The molecule has 1 spiro atoms. The van der Waals surface area contributed by atoms with Gasteiger partial charge in [0.15, 0.2) is 0 Å². The second-order valence-electron chi connectivity index (χ2n) is 7.55. The average Bonchev–Trinajstić information content (AvgIpc) is 2.85. The van der Waals surface area contributed by atoms with Crippen molar-refractivity contribution in [3.05, 3.63) is 0 Å². The molecule has 1 aliphatic heterocycles. The highest BCUT2D eigenvalue weighted by Gasteiger charge is 2.48. The van der Waals surface area contributed by atoms with Crippen LogP contribution in [0.15, 0.2) is 0 Å². The Labute approximate surface area is 127 Å². The number of amides is 2. The van der Waals surface area contributed by atoms with Crippen molar-refractivity contribution in [3.8, 4) is 0 Å². The van der Waals surface area contributed by atoms with Gasteiger partial charge in [0, 0.05) is 19.0 Å². The van der Waals surface area contributed by atoms with E-state index in [0.29, 0.717) is 24.9 Å². The predicted octanol–water partition coefficient (Wildman–Crippen LogP) is 2.47. The molecule has 0 aromatic heterocycles. The van der Waals surface area contributed by atoms with Crippen molar-refractivity contribution in [2.75, 3.05) is 6.54 Å². The van der Waals surface area contributed by atoms with E-state index in [9.17, 15) is 9.59 Å². The first kappa shape index (κ1) is 14.9. The van der Waals surface area contributed by atoms with Crippen molar-refractivity contribution < 1.29 is 9.59 Å². The van der Waals surface area contributed by atoms with Crippen molar-refractivity contribution in [1.29, 1.82) is 0 Å². The second-order valence-corrected chi connectivity index (χ2v) is 7.55. The Balaban J connectivity index is 1.83. The van der Waals surface area contributed by atoms with E-state index >= 15 is 0 Å². The van der Waals surface area contributed by atoms with E-state index < -0.39 is 5.54 Å². The van der Waals surface area contributed by atoms with Crippen molar-refractivity contribution in [2.24, 2.45) is 11.8 Å². The molecule has 21 heavy (non-hydrogen) atoms. The summed E-state index contributed by atoms with van der Waals surface area (Å²) in [7, 11) is 0. The lowest BCUT2D eigenvalue weighted by Gasteiger charge is -2.42. The second kappa shape index (κ2) is 5.62. The molecule has 0 bridgehead atoms. The monoisotopic (exact) mass is 292 g/mol. The minimum atomic E-state index is -0.573. The number of nitrogens with one attached hydrogen (secondary N) is 1. The van der Waals surface area contributed by atoms with Gasteiger partial charge >= 0.3 is 0 Å². The molecular formula is C17H28N2O2. The van der Waals surface area contributed by atoms with Gasteiger partial charge in [-0.25, -0.2) is 0 Å². The fraction of sp³-hybridized carbons (Fsp3) is 0.882. The lowest BCUT2D eigenvalue weighted by atomic mass is 9.78. The summed E-state index contributed by atoms with van der Waals surface area (Å²) in [6.45, 7) is 5.19. The average molecular weight is 292 g/mol. The van der Waals surface area contributed by atoms with Gasteiger partial charge in [-0.3, -0.25) is 9.59 Å². The van der Waals surface area contributed by atoms with Gasteiger partial charge in [0.1, 0.15) is 5.54 Å². The Hall–Kier alpha value is -1.06. The number of rotatable bonds is 1. The molecule has 2 saturated carbocycles. The third-order valence-electron chi connectivity index (χ3n) is 5.87. The van der Waals surface area contributed by atoms with Gasteiger partial charge < -0.3 is 10.2 Å². The molecule has 2 aliphatic carbocycles. The van der Waals surface area contributed by atoms with Crippen LogP contribution >= 0.6 is 0 Å². The fourth-order valence-electron chi connectivity index (χ4n) is 4.73.